The fourth-order valence-electron chi connectivity index (χ4n) is 2.47. The number of aliphatic carboxylic acids is 1. The first-order valence-corrected chi connectivity index (χ1v) is 6.09. The Morgan fingerprint density at radius 1 is 1.47 bits per heavy atom. The minimum Gasteiger partial charge on any atom is -0.481 e. The average molecular weight is 213 g/mol. The summed E-state index contributed by atoms with van der Waals surface area (Å²) in [6.45, 7) is 6.42. The van der Waals surface area contributed by atoms with Gasteiger partial charge in [0.1, 0.15) is 0 Å². The number of carboxylic acids is 1. The van der Waals surface area contributed by atoms with E-state index in [0.29, 0.717) is 0 Å². The van der Waals surface area contributed by atoms with E-state index in [1.807, 2.05) is 6.92 Å². The maximum absolute atomic E-state index is 10.6. The highest BCUT2D eigenvalue weighted by molar-refractivity contribution is 5.67. The average Bonchev–Trinajstić information content (AvgIpc) is 2.18. The minimum atomic E-state index is -0.682. The molecule has 0 aromatic heterocycles. The first-order chi connectivity index (χ1) is 7.13. The molecule has 1 saturated heterocycles. The molecule has 1 fully saturated rings. The van der Waals surface area contributed by atoms with Crippen LogP contribution in [0.1, 0.15) is 46.0 Å². The zero-order chi connectivity index (χ0) is 11.3. The fraction of sp³-hybridized carbons (Fsp3) is 0.917. The molecule has 88 valence electrons. The van der Waals surface area contributed by atoms with E-state index in [-0.39, 0.29) is 12.5 Å². The second kappa shape index (κ2) is 6.11. The first kappa shape index (κ1) is 12.5. The van der Waals surface area contributed by atoms with Gasteiger partial charge in [-0.1, -0.05) is 19.8 Å². The standard InChI is InChI=1S/C12H23NO2/c1-3-4-11-5-7-13(8-6-11)10(2)9-12(14)15/h10-11H,3-9H2,1-2H3,(H,14,15). The molecule has 0 spiro atoms. The summed E-state index contributed by atoms with van der Waals surface area (Å²) >= 11 is 0. The van der Waals surface area contributed by atoms with Gasteiger partial charge in [-0.3, -0.25) is 4.79 Å². The van der Waals surface area contributed by atoms with Crippen LogP contribution in [-0.4, -0.2) is 35.1 Å². The maximum atomic E-state index is 10.6. The molecule has 0 aliphatic carbocycles. The number of carbonyl (C=O) groups is 1. The van der Waals surface area contributed by atoms with Crippen molar-refractivity contribution in [3.8, 4) is 0 Å². The van der Waals surface area contributed by atoms with Crippen LogP contribution in [0.15, 0.2) is 0 Å². The Bertz CT molecular complexity index is 198. The Kier molecular flexibility index (Phi) is 5.09. The lowest BCUT2D eigenvalue weighted by atomic mass is 9.91. The Morgan fingerprint density at radius 3 is 2.53 bits per heavy atom. The Morgan fingerprint density at radius 2 is 2.07 bits per heavy atom. The zero-order valence-corrected chi connectivity index (χ0v) is 9.91. The topological polar surface area (TPSA) is 40.5 Å². The normalized spacial score (nSPS) is 21.5. The summed E-state index contributed by atoms with van der Waals surface area (Å²) in [5.74, 6) is 0.196. The summed E-state index contributed by atoms with van der Waals surface area (Å²) < 4.78 is 0. The third kappa shape index (κ3) is 4.20. The second-order valence-corrected chi connectivity index (χ2v) is 4.71. The molecule has 1 heterocycles. The molecule has 0 aromatic rings. The lowest BCUT2D eigenvalue weighted by Gasteiger charge is -2.35. The van der Waals surface area contributed by atoms with E-state index in [0.717, 1.165) is 19.0 Å². The smallest absolute Gasteiger partial charge is 0.304 e. The van der Waals surface area contributed by atoms with Crippen LogP contribution >= 0.6 is 0 Å². The van der Waals surface area contributed by atoms with Gasteiger partial charge in [0.2, 0.25) is 0 Å². The van der Waals surface area contributed by atoms with Gasteiger partial charge in [0.05, 0.1) is 6.42 Å². The summed E-state index contributed by atoms with van der Waals surface area (Å²) in [6.07, 6.45) is 5.38. The van der Waals surface area contributed by atoms with Crippen molar-refractivity contribution in [2.24, 2.45) is 5.92 Å². The largest absolute Gasteiger partial charge is 0.481 e. The van der Waals surface area contributed by atoms with Crippen molar-refractivity contribution in [2.45, 2.75) is 52.0 Å². The minimum absolute atomic E-state index is 0.199. The van der Waals surface area contributed by atoms with Crippen molar-refractivity contribution in [3.05, 3.63) is 0 Å². The van der Waals surface area contributed by atoms with Crippen molar-refractivity contribution in [3.63, 3.8) is 0 Å². The van der Waals surface area contributed by atoms with E-state index in [2.05, 4.69) is 11.8 Å². The van der Waals surface area contributed by atoms with Crippen LogP contribution in [0, 0.1) is 5.92 Å². The summed E-state index contributed by atoms with van der Waals surface area (Å²) in [4.78, 5) is 12.9. The number of piperidine rings is 1. The second-order valence-electron chi connectivity index (χ2n) is 4.71. The molecule has 1 rings (SSSR count). The molecular formula is C12H23NO2. The van der Waals surface area contributed by atoms with Crippen LogP contribution in [0.5, 0.6) is 0 Å². The van der Waals surface area contributed by atoms with Gasteiger partial charge >= 0.3 is 5.97 Å². The van der Waals surface area contributed by atoms with Gasteiger partial charge in [0.15, 0.2) is 0 Å². The fourth-order valence-corrected chi connectivity index (χ4v) is 2.47. The van der Waals surface area contributed by atoms with E-state index in [1.165, 1.54) is 25.7 Å². The van der Waals surface area contributed by atoms with Gasteiger partial charge < -0.3 is 10.0 Å². The van der Waals surface area contributed by atoms with Gasteiger partial charge in [-0.05, 0) is 38.8 Å². The molecule has 0 amide bonds. The summed E-state index contributed by atoms with van der Waals surface area (Å²) in [6, 6.07) is 0.199. The molecule has 3 heteroatoms. The predicted octanol–water partition coefficient (Wildman–Crippen LogP) is 2.36. The third-order valence-corrected chi connectivity index (χ3v) is 3.44. The molecule has 1 aliphatic heterocycles. The van der Waals surface area contributed by atoms with Crippen LogP contribution in [0.2, 0.25) is 0 Å². The van der Waals surface area contributed by atoms with Crippen molar-refractivity contribution in [1.29, 1.82) is 0 Å². The number of rotatable bonds is 5. The summed E-state index contributed by atoms with van der Waals surface area (Å²) in [7, 11) is 0. The first-order valence-electron chi connectivity index (χ1n) is 6.09. The van der Waals surface area contributed by atoms with E-state index in [1.54, 1.807) is 0 Å². The monoisotopic (exact) mass is 213 g/mol. The van der Waals surface area contributed by atoms with Gasteiger partial charge in [-0.2, -0.15) is 0 Å². The highest BCUT2D eigenvalue weighted by Gasteiger charge is 2.23. The van der Waals surface area contributed by atoms with E-state index < -0.39 is 5.97 Å². The van der Waals surface area contributed by atoms with E-state index in [9.17, 15) is 4.79 Å². The Labute approximate surface area is 92.5 Å². The Hall–Kier alpha value is -0.570. The van der Waals surface area contributed by atoms with E-state index in [4.69, 9.17) is 5.11 Å². The van der Waals surface area contributed by atoms with Crippen LogP contribution in [0.3, 0.4) is 0 Å². The molecule has 15 heavy (non-hydrogen) atoms. The van der Waals surface area contributed by atoms with Gasteiger partial charge in [-0.15, -0.1) is 0 Å². The molecule has 0 aromatic carbocycles. The van der Waals surface area contributed by atoms with Crippen molar-refractivity contribution < 1.29 is 9.90 Å². The molecule has 1 aliphatic rings. The quantitative estimate of drug-likeness (QED) is 0.762. The summed E-state index contributed by atoms with van der Waals surface area (Å²) in [5, 5.41) is 8.72. The van der Waals surface area contributed by atoms with Crippen molar-refractivity contribution in [2.75, 3.05) is 13.1 Å². The molecule has 0 saturated carbocycles. The molecular weight excluding hydrogens is 190 g/mol. The highest BCUT2D eigenvalue weighted by atomic mass is 16.4. The lowest BCUT2D eigenvalue weighted by molar-refractivity contribution is -0.138. The zero-order valence-electron chi connectivity index (χ0n) is 9.91. The van der Waals surface area contributed by atoms with Crippen molar-refractivity contribution in [1.82, 2.24) is 4.90 Å². The Balaban J connectivity index is 2.27. The van der Waals surface area contributed by atoms with Crippen LogP contribution in [0.25, 0.3) is 0 Å². The number of nitrogens with zero attached hydrogens (tertiary/aromatic N) is 1. The maximum Gasteiger partial charge on any atom is 0.304 e. The predicted molar refractivity (Wildman–Crippen MR) is 60.9 cm³/mol. The SMILES string of the molecule is CCCC1CCN(C(C)CC(=O)O)CC1. The van der Waals surface area contributed by atoms with Crippen LogP contribution in [0.4, 0.5) is 0 Å². The molecule has 3 nitrogen and oxygen atoms in total. The number of hydrogen-bond acceptors (Lipinski definition) is 2. The van der Waals surface area contributed by atoms with Gasteiger partial charge in [0, 0.05) is 6.04 Å². The number of carboxylic acid groups (broad SMARTS) is 1. The molecule has 0 radical (unpaired) electrons. The molecule has 1 atom stereocenters. The van der Waals surface area contributed by atoms with Gasteiger partial charge in [0.25, 0.3) is 0 Å². The number of likely N-dealkylation sites (tertiary alicyclic amines) is 1. The van der Waals surface area contributed by atoms with Crippen LogP contribution in [-0.2, 0) is 4.79 Å². The summed E-state index contributed by atoms with van der Waals surface area (Å²) in [5.41, 5.74) is 0. The van der Waals surface area contributed by atoms with Crippen LogP contribution < -0.4 is 0 Å². The van der Waals surface area contributed by atoms with E-state index >= 15 is 0 Å². The van der Waals surface area contributed by atoms with Gasteiger partial charge in [-0.25, -0.2) is 0 Å². The third-order valence-electron chi connectivity index (χ3n) is 3.44. The molecule has 1 N–H and O–H groups in total. The lowest BCUT2D eigenvalue weighted by Crippen LogP contribution is -2.40. The molecule has 1 unspecified atom stereocenters. The number of hydrogen-bond donors (Lipinski definition) is 1. The molecule has 0 bridgehead atoms. The van der Waals surface area contributed by atoms with Crippen molar-refractivity contribution >= 4 is 5.97 Å². The highest BCUT2D eigenvalue weighted by Crippen LogP contribution is 2.23.